The first-order valence-electron chi connectivity index (χ1n) is 13.6. The van der Waals surface area contributed by atoms with Crippen LogP contribution in [0.25, 0.3) is 10.8 Å². The lowest BCUT2D eigenvalue weighted by atomic mass is 9.99. The van der Waals surface area contributed by atoms with Gasteiger partial charge in [-0.05, 0) is 52.6 Å². The van der Waals surface area contributed by atoms with Crippen molar-refractivity contribution < 1.29 is 9.53 Å². The van der Waals surface area contributed by atoms with Gasteiger partial charge in [0.2, 0.25) is 0 Å². The smallest absolute Gasteiger partial charge is 0.254 e. The first-order chi connectivity index (χ1) is 19.2. The fraction of sp³-hybridized carbons (Fsp3) is 0.212. The molecule has 2 bridgehead atoms. The van der Waals surface area contributed by atoms with Crippen LogP contribution in [0.5, 0.6) is 11.5 Å². The second kappa shape index (κ2) is 10.0. The monoisotopic (exact) mass is 514 g/mol. The lowest BCUT2D eigenvalue weighted by Crippen LogP contribution is -2.55. The Bertz CT molecular complexity index is 1650. The number of imidazole rings is 1. The van der Waals surface area contributed by atoms with Crippen LogP contribution in [0.4, 0.5) is 0 Å². The number of para-hydroxylation sites is 1. The van der Waals surface area contributed by atoms with Crippen LogP contribution in [-0.4, -0.2) is 50.9 Å². The number of hydrogen-bond acceptors (Lipinski definition) is 4. The number of carbonyl (C=O) groups is 1. The molecule has 6 heteroatoms. The molecule has 1 atom stereocenters. The predicted molar refractivity (Wildman–Crippen MR) is 152 cm³/mol. The highest BCUT2D eigenvalue weighted by atomic mass is 16.5. The molecule has 1 aromatic heterocycles. The molecule has 5 aromatic rings. The van der Waals surface area contributed by atoms with E-state index in [0.29, 0.717) is 13.1 Å². The molecule has 1 amide bonds. The van der Waals surface area contributed by atoms with Crippen LogP contribution >= 0.6 is 0 Å². The molecule has 7 rings (SSSR count). The number of hydrogen-bond donors (Lipinski definition) is 0. The van der Waals surface area contributed by atoms with Gasteiger partial charge in [-0.25, -0.2) is 4.98 Å². The molecule has 0 N–H and O–H groups in total. The Morgan fingerprint density at radius 2 is 1.72 bits per heavy atom. The number of nitrogens with zero attached hydrogens (tertiary/aromatic N) is 4. The number of benzene rings is 4. The lowest BCUT2D eigenvalue weighted by molar-refractivity contribution is 0.0453. The Morgan fingerprint density at radius 3 is 2.69 bits per heavy atom. The molecule has 1 saturated heterocycles. The molecule has 0 spiro atoms. The standard InChI is InChI=1S/C33H30N4O2/c38-33(31-13-6-10-25-8-1-3-12-30(25)31)36-16-15-35-22-28-19-34-23-37(28)20-24-7-5-11-29(17-24)39-32-14-4-2-9-26(32)18-27(35)21-36/h1-14,17,19,23,27H,15-16,18,20-22H2. The van der Waals surface area contributed by atoms with E-state index in [4.69, 9.17) is 4.74 Å². The number of piperazine rings is 1. The first-order valence-corrected chi connectivity index (χ1v) is 13.6. The topological polar surface area (TPSA) is 50.6 Å². The summed E-state index contributed by atoms with van der Waals surface area (Å²) in [5.74, 6) is 1.79. The summed E-state index contributed by atoms with van der Waals surface area (Å²) in [6.07, 6.45) is 4.66. The Morgan fingerprint density at radius 1 is 0.872 bits per heavy atom. The molecule has 3 heterocycles. The minimum atomic E-state index is 0.0972. The molecule has 1 unspecified atom stereocenters. The van der Waals surface area contributed by atoms with Crippen molar-refractivity contribution >= 4 is 16.7 Å². The number of amides is 1. The van der Waals surface area contributed by atoms with Crippen LogP contribution in [0.15, 0.2) is 104 Å². The van der Waals surface area contributed by atoms with E-state index in [-0.39, 0.29) is 11.9 Å². The Hall–Kier alpha value is -4.42. The minimum Gasteiger partial charge on any atom is -0.457 e. The third kappa shape index (κ3) is 4.68. The summed E-state index contributed by atoms with van der Waals surface area (Å²) in [4.78, 5) is 22.9. The Labute approximate surface area is 228 Å². The summed E-state index contributed by atoms with van der Waals surface area (Å²) < 4.78 is 8.65. The molecule has 2 aliphatic rings. The van der Waals surface area contributed by atoms with Crippen molar-refractivity contribution in [1.82, 2.24) is 19.4 Å². The zero-order valence-corrected chi connectivity index (χ0v) is 21.7. The molecule has 0 saturated carbocycles. The third-order valence-corrected chi connectivity index (χ3v) is 7.98. The van der Waals surface area contributed by atoms with E-state index < -0.39 is 0 Å². The highest BCUT2D eigenvalue weighted by Crippen LogP contribution is 2.30. The Balaban J connectivity index is 1.24. The molecular weight excluding hydrogens is 484 g/mol. The fourth-order valence-corrected chi connectivity index (χ4v) is 5.95. The lowest BCUT2D eigenvalue weighted by Gasteiger charge is -2.42. The van der Waals surface area contributed by atoms with Gasteiger partial charge in [0.05, 0.1) is 12.0 Å². The Kier molecular flexibility index (Phi) is 6.10. The molecule has 39 heavy (non-hydrogen) atoms. The van der Waals surface area contributed by atoms with Gasteiger partial charge >= 0.3 is 0 Å². The van der Waals surface area contributed by atoms with Crippen molar-refractivity contribution in [3.8, 4) is 11.5 Å². The van der Waals surface area contributed by atoms with Crippen LogP contribution in [0, 0.1) is 0 Å². The third-order valence-electron chi connectivity index (χ3n) is 7.98. The minimum absolute atomic E-state index is 0.0972. The SMILES string of the molecule is O=C(c1cccc2ccccc12)N1CCN2Cc3cncn3Cc3cccc(c3)Oc3ccccc3CC2C1. The maximum Gasteiger partial charge on any atom is 0.254 e. The van der Waals surface area contributed by atoms with Gasteiger partial charge < -0.3 is 14.2 Å². The number of carbonyl (C=O) groups excluding carboxylic acids is 1. The van der Waals surface area contributed by atoms with Crippen molar-refractivity contribution in [3.63, 3.8) is 0 Å². The largest absolute Gasteiger partial charge is 0.457 e. The van der Waals surface area contributed by atoms with Gasteiger partial charge in [-0.3, -0.25) is 9.69 Å². The summed E-state index contributed by atoms with van der Waals surface area (Å²) >= 11 is 0. The quantitative estimate of drug-likeness (QED) is 0.285. The summed E-state index contributed by atoms with van der Waals surface area (Å²) in [7, 11) is 0. The van der Waals surface area contributed by atoms with Gasteiger partial charge in [0.15, 0.2) is 0 Å². The number of rotatable bonds is 1. The average Bonchev–Trinajstić information content (AvgIpc) is 3.40. The molecular formula is C33H30N4O2. The number of ether oxygens (including phenoxy) is 1. The maximum absolute atomic E-state index is 13.9. The van der Waals surface area contributed by atoms with E-state index in [0.717, 1.165) is 59.5 Å². The summed E-state index contributed by atoms with van der Waals surface area (Å²) in [5, 5.41) is 2.10. The summed E-state index contributed by atoms with van der Waals surface area (Å²) in [6, 6.07) is 30.8. The van der Waals surface area contributed by atoms with E-state index in [1.165, 1.54) is 11.3 Å². The van der Waals surface area contributed by atoms with E-state index in [9.17, 15) is 4.79 Å². The van der Waals surface area contributed by atoms with E-state index in [1.54, 1.807) is 0 Å². The molecule has 194 valence electrons. The van der Waals surface area contributed by atoms with Gasteiger partial charge in [0, 0.05) is 50.5 Å². The fourth-order valence-electron chi connectivity index (χ4n) is 5.95. The second-order valence-electron chi connectivity index (χ2n) is 10.5. The van der Waals surface area contributed by atoms with Crippen LogP contribution in [-0.2, 0) is 19.5 Å². The van der Waals surface area contributed by atoms with Gasteiger partial charge in [0.1, 0.15) is 11.5 Å². The van der Waals surface area contributed by atoms with Crippen molar-refractivity contribution in [2.24, 2.45) is 0 Å². The van der Waals surface area contributed by atoms with Crippen LogP contribution in [0.3, 0.4) is 0 Å². The van der Waals surface area contributed by atoms with Gasteiger partial charge in [0.25, 0.3) is 5.91 Å². The van der Waals surface area contributed by atoms with Crippen molar-refractivity contribution in [2.45, 2.75) is 25.6 Å². The summed E-state index contributed by atoms with van der Waals surface area (Å²) in [6.45, 7) is 3.65. The molecule has 1 fully saturated rings. The van der Waals surface area contributed by atoms with Gasteiger partial charge in [-0.2, -0.15) is 0 Å². The molecule has 6 nitrogen and oxygen atoms in total. The van der Waals surface area contributed by atoms with Crippen molar-refractivity contribution in [1.29, 1.82) is 0 Å². The van der Waals surface area contributed by atoms with Crippen LogP contribution in [0.2, 0.25) is 0 Å². The molecule has 0 aliphatic carbocycles. The van der Waals surface area contributed by atoms with Gasteiger partial charge in [-0.1, -0.05) is 66.7 Å². The van der Waals surface area contributed by atoms with Crippen LogP contribution in [0.1, 0.15) is 27.2 Å². The first kappa shape index (κ1) is 23.7. The van der Waals surface area contributed by atoms with Gasteiger partial charge in [-0.15, -0.1) is 0 Å². The average molecular weight is 515 g/mol. The van der Waals surface area contributed by atoms with Crippen molar-refractivity contribution in [2.75, 3.05) is 19.6 Å². The normalized spacial score (nSPS) is 17.5. The molecule has 0 radical (unpaired) electrons. The number of aromatic nitrogens is 2. The van der Waals surface area contributed by atoms with E-state index in [1.807, 2.05) is 72.0 Å². The molecule has 4 aromatic carbocycles. The maximum atomic E-state index is 13.9. The zero-order chi connectivity index (χ0) is 26.2. The molecule has 2 aliphatic heterocycles. The highest BCUT2D eigenvalue weighted by molar-refractivity contribution is 6.07. The number of fused-ring (bicyclic) bond motifs is 6. The van der Waals surface area contributed by atoms with E-state index >= 15 is 0 Å². The predicted octanol–water partition coefficient (Wildman–Crippen LogP) is 5.76. The zero-order valence-electron chi connectivity index (χ0n) is 21.7. The second-order valence-corrected chi connectivity index (χ2v) is 10.5. The van der Waals surface area contributed by atoms with Crippen molar-refractivity contribution in [3.05, 3.63) is 126 Å². The summed E-state index contributed by atoms with van der Waals surface area (Å²) in [5.41, 5.74) is 4.26. The van der Waals surface area contributed by atoms with Crippen LogP contribution < -0.4 is 4.74 Å². The van der Waals surface area contributed by atoms with E-state index in [2.05, 4.69) is 50.8 Å². The highest BCUT2D eigenvalue weighted by Gasteiger charge is 2.32.